The zero-order valence-electron chi connectivity index (χ0n) is 11.1. The Morgan fingerprint density at radius 3 is 2.68 bits per heavy atom. The maximum Gasteiger partial charge on any atom is 0.283 e. The highest BCUT2D eigenvalue weighted by Gasteiger charge is 2.19. The van der Waals surface area contributed by atoms with Crippen molar-refractivity contribution in [3.8, 4) is 0 Å². The molecule has 1 aliphatic rings. The third-order valence-corrected chi connectivity index (χ3v) is 4.51. The van der Waals surface area contributed by atoms with Gasteiger partial charge in [-0.15, -0.1) is 0 Å². The van der Waals surface area contributed by atoms with Crippen LogP contribution in [0.5, 0.6) is 0 Å². The molecule has 0 unspecified atom stereocenters. The first-order valence-electron chi connectivity index (χ1n) is 6.71. The minimum Gasteiger partial charge on any atom is -0.299 e. The van der Waals surface area contributed by atoms with E-state index in [1.165, 1.54) is 32.1 Å². The molecule has 1 aromatic carbocycles. The molecule has 104 valence electrons. The van der Waals surface area contributed by atoms with Gasteiger partial charge in [-0.05, 0) is 47.4 Å². The second kappa shape index (κ2) is 6.48. The largest absolute Gasteiger partial charge is 0.299 e. The highest BCUT2D eigenvalue weighted by Crippen LogP contribution is 2.27. The summed E-state index contributed by atoms with van der Waals surface area (Å²) in [6.07, 6.45) is 6.43. The van der Waals surface area contributed by atoms with Gasteiger partial charge < -0.3 is 0 Å². The molecule has 1 saturated carbocycles. The van der Waals surface area contributed by atoms with E-state index in [0.29, 0.717) is 10.5 Å². The van der Waals surface area contributed by atoms with Crippen LogP contribution in [-0.2, 0) is 6.54 Å². The van der Waals surface area contributed by atoms with Gasteiger partial charge in [0.15, 0.2) is 0 Å². The molecule has 1 aliphatic carbocycles. The molecule has 1 aromatic rings. The number of hydrogen-bond acceptors (Lipinski definition) is 3. The van der Waals surface area contributed by atoms with Crippen LogP contribution in [0, 0.1) is 10.1 Å². The van der Waals surface area contributed by atoms with Crippen LogP contribution < -0.4 is 0 Å². The number of rotatable bonds is 4. The molecule has 0 bridgehead atoms. The molecule has 0 N–H and O–H groups in total. The van der Waals surface area contributed by atoms with Gasteiger partial charge >= 0.3 is 0 Å². The molecule has 0 atom stereocenters. The van der Waals surface area contributed by atoms with Gasteiger partial charge in [-0.25, -0.2) is 0 Å². The van der Waals surface area contributed by atoms with Gasteiger partial charge in [-0.1, -0.05) is 25.3 Å². The minimum atomic E-state index is -0.339. The number of benzene rings is 1. The van der Waals surface area contributed by atoms with Crippen LogP contribution in [0.1, 0.15) is 37.7 Å². The van der Waals surface area contributed by atoms with E-state index in [9.17, 15) is 10.1 Å². The molecule has 0 spiro atoms. The van der Waals surface area contributed by atoms with E-state index < -0.39 is 0 Å². The Hall–Kier alpha value is -0.940. The smallest absolute Gasteiger partial charge is 0.283 e. The highest BCUT2D eigenvalue weighted by atomic mass is 79.9. The van der Waals surface area contributed by atoms with Crippen LogP contribution in [0.2, 0.25) is 0 Å². The van der Waals surface area contributed by atoms with Crippen LogP contribution in [0.4, 0.5) is 5.69 Å². The molecule has 4 nitrogen and oxygen atoms in total. The van der Waals surface area contributed by atoms with Crippen LogP contribution in [0.15, 0.2) is 22.7 Å². The zero-order chi connectivity index (χ0) is 13.8. The fourth-order valence-corrected chi connectivity index (χ4v) is 3.13. The first-order valence-corrected chi connectivity index (χ1v) is 7.50. The Kier molecular flexibility index (Phi) is 4.93. The van der Waals surface area contributed by atoms with Crippen molar-refractivity contribution in [3.63, 3.8) is 0 Å². The van der Waals surface area contributed by atoms with E-state index in [1.807, 2.05) is 6.07 Å². The molecule has 1 fully saturated rings. The quantitative estimate of drug-likeness (QED) is 0.617. The van der Waals surface area contributed by atoms with Crippen molar-refractivity contribution in [1.29, 1.82) is 0 Å². The van der Waals surface area contributed by atoms with Crippen LogP contribution in [0.25, 0.3) is 0 Å². The Morgan fingerprint density at radius 2 is 2.05 bits per heavy atom. The summed E-state index contributed by atoms with van der Waals surface area (Å²) < 4.78 is 0.543. The summed E-state index contributed by atoms with van der Waals surface area (Å²) in [4.78, 5) is 12.9. The lowest BCUT2D eigenvalue weighted by molar-refractivity contribution is -0.385. The summed E-state index contributed by atoms with van der Waals surface area (Å²) >= 11 is 3.22. The lowest BCUT2D eigenvalue weighted by Crippen LogP contribution is -2.32. The van der Waals surface area contributed by atoms with Gasteiger partial charge in [0.05, 0.1) is 9.40 Å². The maximum absolute atomic E-state index is 10.9. The van der Waals surface area contributed by atoms with E-state index in [1.54, 1.807) is 12.1 Å². The third-order valence-electron chi connectivity index (χ3n) is 3.84. The first-order chi connectivity index (χ1) is 9.08. The monoisotopic (exact) mass is 326 g/mol. The normalized spacial score (nSPS) is 16.8. The lowest BCUT2D eigenvalue weighted by Gasteiger charge is -2.31. The predicted molar refractivity (Wildman–Crippen MR) is 79.1 cm³/mol. The zero-order valence-corrected chi connectivity index (χ0v) is 12.7. The molecule has 0 aromatic heterocycles. The molecule has 0 amide bonds. The van der Waals surface area contributed by atoms with Crippen LogP contribution in [-0.4, -0.2) is 22.9 Å². The van der Waals surface area contributed by atoms with Gasteiger partial charge in [-0.2, -0.15) is 0 Å². The number of halogens is 1. The second-order valence-electron chi connectivity index (χ2n) is 5.25. The van der Waals surface area contributed by atoms with E-state index in [2.05, 4.69) is 27.9 Å². The number of nitro benzene ring substituents is 1. The maximum atomic E-state index is 10.9. The van der Waals surface area contributed by atoms with Crippen molar-refractivity contribution < 1.29 is 4.92 Å². The van der Waals surface area contributed by atoms with Crippen LogP contribution in [0.3, 0.4) is 0 Å². The van der Waals surface area contributed by atoms with E-state index in [-0.39, 0.29) is 10.6 Å². The standard InChI is InChI=1S/C14H19BrN2O2/c1-16(12-5-3-2-4-6-12)10-11-7-8-13(15)14(9-11)17(18)19/h7-9,12H,2-6,10H2,1H3. The molecule has 19 heavy (non-hydrogen) atoms. The van der Waals surface area contributed by atoms with Crippen LogP contribution >= 0.6 is 15.9 Å². The SMILES string of the molecule is CN(Cc1ccc(Br)c([N+](=O)[O-])c1)C1CCCCC1. The Balaban J connectivity index is 2.05. The first kappa shape index (κ1) is 14.5. The summed E-state index contributed by atoms with van der Waals surface area (Å²) in [6, 6.07) is 6.01. The van der Waals surface area contributed by atoms with Crippen molar-refractivity contribution >= 4 is 21.6 Å². The molecule has 0 saturated heterocycles. The van der Waals surface area contributed by atoms with Crippen molar-refractivity contribution in [3.05, 3.63) is 38.3 Å². The second-order valence-corrected chi connectivity index (χ2v) is 6.10. The summed E-state index contributed by atoms with van der Waals surface area (Å²) in [5.74, 6) is 0. The van der Waals surface area contributed by atoms with Gasteiger partial charge in [0, 0.05) is 18.7 Å². The number of nitrogens with zero attached hydrogens (tertiary/aromatic N) is 2. The van der Waals surface area contributed by atoms with Crippen molar-refractivity contribution in [2.45, 2.75) is 44.7 Å². The topological polar surface area (TPSA) is 46.4 Å². The van der Waals surface area contributed by atoms with Gasteiger partial charge in [0.2, 0.25) is 0 Å². The minimum absolute atomic E-state index is 0.148. The molecule has 0 heterocycles. The Morgan fingerprint density at radius 1 is 1.37 bits per heavy atom. The molecule has 0 radical (unpaired) electrons. The lowest BCUT2D eigenvalue weighted by atomic mass is 9.94. The van der Waals surface area contributed by atoms with Gasteiger partial charge in [0.25, 0.3) is 5.69 Å². The number of nitro groups is 1. The fraction of sp³-hybridized carbons (Fsp3) is 0.571. The van der Waals surface area contributed by atoms with E-state index >= 15 is 0 Å². The average Bonchev–Trinajstić information content (AvgIpc) is 2.41. The Bertz CT molecular complexity index is 459. The van der Waals surface area contributed by atoms with Crippen molar-refractivity contribution in [2.24, 2.45) is 0 Å². The third kappa shape index (κ3) is 3.76. The molecule has 2 rings (SSSR count). The summed E-state index contributed by atoms with van der Waals surface area (Å²) in [5.41, 5.74) is 1.15. The highest BCUT2D eigenvalue weighted by molar-refractivity contribution is 9.10. The molecular weight excluding hydrogens is 308 g/mol. The average molecular weight is 327 g/mol. The van der Waals surface area contributed by atoms with E-state index in [0.717, 1.165) is 12.1 Å². The van der Waals surface area contributed by atoms with Crippen molar-refractivity contribution in [1.82, 2.24) is 4.90 Å². The summed E-state index contributed by atoms with van der Waals surface area (Å²) in [6.45, 7) is 0.777. The summed E-state index contributed by atoms with van der Waals surface area (Å²) in [5, 5.41) is 10.9. The van der Waals surface area contributed by atoms with Gasteiger partial charge in [0.1, 0.15) is 0 Å². The molecular formula is C14H19BrN2O2. The van der Waals surface area contributed by atoms with Gasteiger partial charge in [-0.3, -0.25) is 15.0 Å². The number of hydrogen-bond donors (Lipinski definition) is 0. The van der Waals surface area contributed by atoms with Crippen molar-refractivity contribution in [2.75, 3.05) is 7.05 Å². The molecule has 0 aliphatic heterocycles. The predicted octanol–water partition coefficient (Wildman–Crippen LogP) is 4.12. The fourth-order valence-electron chi connectivity index (χ4n) is 2.74. The summed E-state index contributed by atoms with van der Waals surface area (Å²) in [7, 11) is 2.11. The van der Waals surface area contributed by atoms with E-state index in [4.69, 9.17) is 0 Å². The molecule has 5 heteroatoms. The Labute approximate surface area is 122 Å².